The molecule has 12 atom stereocenters. The molecule has 216 valence electrons. The lowest BCUT2D eigenvalue weighted by Gasteiger charge is -2.60. The van der Waals surface area contributed by atoms with E-state index in [1.165, 1.54) is 44.9 Å². The minimum absolute atomic E-state index is 0.0949. The number of aliphatic hydroxyl groups is 2. The lowest BCUT2D eigenvalue weighted by atomic mass is 9.46. The molecule has 7 aliphatic rings. The van der Waals surface area contributed by atoms with Gasteiger partial charge in [0.1, 0.15) is 6.10 Å². The molecule has 0 bridgehead atoms. The number of nitrogens with one attached hydrogen (secondary N) is 1. The van der Waals surface area contributed by atoms with E-state index in [1.54, 1.807) is 13.8 Å². The molecule has 0 amide bonds. The number of morpholine rings is 1. The summed E-state index contributed by atoms with van der Waals surface area (Å²) >= 11 is 0. The van der Waals surface area contributed by atoms with Gasteiger partial charge in [0.2, 0.25) is 0 Å². The number of fused-ring (bicyclic) bond motifs is 4. The van der Waals surface area contributed by atoms with E-state index >= 15 is 0 Å². The molecule has 2 aliphatic heterocycles. The van der Waals surface area contributed by atoms with Gasteiger partial charge in [0.05, 0.1) is 30.5 Å². The van der Waals surface area contributed by atoms with Gasteiger partial charge in [0, 0.05) is 13.1 Å². The van der Waals surface area contributed by atoms with Gasteiger partial charge in [0.25, 0.3) is 0 Å². The Kier molecular flexibility index (Phi) is 6.06. The summed E-state index contributed by atoms with van der Waals surface area (Å²) in [4.78, 5) is 0. The highest BCUT2D eigenvalue weighted by atomic mass is 16.7. The third kappa shape index (κ3) is 3.59. The SMILES string of the molecule is CC12CC[C@@]34C[C@@]35CC[C@H](OC3CNCCO3)C(C)(C)C5CCC4C1CC1OC([C@H](O)C(C)(C)O)CCC12. The average molecular weight is 532 g/mol. The van der Waals surface area contributed by atoms with Gasteiger partial charge < -0.3 is 29.7 Å². The number of ether oxygens (including phenoxy) is 3. The molecule has 5 aliphatic carbocycles. The van der Waals surface area contributed by atoms with Crippen LogP contribution in [0.1, 0.15) is 98.8 Å². The van der Waals surface area contributed by atoms with Crippen LogP contribution in [0.2, 0.25) is 0 Å². The maximum absolute atomic E-state index is 10.8. The van der Waals surface area contributed by atoms with Crippen LogP contribution in [-0.4, -0.2) is 66.2 Å². The second kappa shape index (κ2) is 8.64. The molecule has 0 aromatic carbocycles. The standard InChI is InChI=1S/C32H53NO5/c1-28(2)24-9-7-19-21-16-23-20(6-8-22(37-23)27(34)29(3,4)35)30(21,5)12-13-31(19)18-32(24,31)11-10-25(28)38-26-17-33-14-15-36-26/h19-27,33-35H,6-18H2,1-5H3/t19?,20?,21?,22?,23?,24?,25-,26?,27-,30?,31-,32+/m0/s1. The zero-order valence-corrected chi connectivity index (χ0v) is 24.5. The average Bonchev–Trinajstić information content (AvgIpc) is 3.45. The van der Waals surface area contributed by atoms with Crippen molar-refractivity contribution in [3.8, 4) is 0 Å². The monoisotopic (exact) mass is 531 g/mol. The number of aliphatic hydroxyl groups excluding tert-OH is 1. The third-order valence-electron chi connectivity index (χ3n) is 13.8. The van der Waals surface area contributed by atoms with Crippen molar-refractivity contribution in [2.24, 2.45) is 45.3 Å². The van der Waals surface area contributed by atoms with E-state index in [4.69, 9.17) is 14.2 Å². The molecule has 3 N–H and O–H groups in total. The highest BCUT2D eigenvalue weighted by Crippen LogP contribution is 2.87. The Labute approximate surface area is 229 Å². The van der Waals surface area contributed by atoms with Crippen molar-refractivity contribution in [2.75, 3.05) is 19.7 Å². The van der Waals surface area contributed by atoms with E-state index < -0.39 is 11.7 Å². The Balaban J connectivity index is 1.09. The molecule has 0 aromatic rings. The molecule has 2 saturated heterocycles. The molecule has 38 heavy (non-hydrogen) atoms. The summed E-state index contributed by atoms with van der Waals surface area (Å²) in [6, 6.07) is 0. The molecule has 6 heteroatoms. The fraction of sp³-hybridized carbons (Fsp3) is 1.00. The van der Waals surface area contributed by atoms with E-state index in [1.807, 2.05) is 0 Å². The highest BCUT2D eigenvalue weighted by molar-refractivity contribution is 5.29. The predicted molar refractivity (Wildman–Crippen MR) is 145 cm³/mol. The van der Waals surface area contributed by atoms with Crippen molar-refractivity contribution in [1.82, 2.24) is 5.32 Å². The van der Waals surface area contributed by atoms with Gasteiger partial charge in [-0.3, -0.25) is 0 Å². The van der Waals surface area contributed by atoms with E-state index in [-0.39, 0.29) is 30.0 Å². The molecule has 7 fully saturated rings. The number of hydrogen-bond acceptors (Lipinski definition) is 6. The van der Waals surface area contributed by atoms with Crippen LogP contribution >= 0.6 is 0 Å². The fourth-order valence-corrected chi connectivity index (χ4v) is 12.0. The molecule has 8 unspecified atom stereocenters. The minimum Gasteiger partial charge on any atom is -0.388 e. The summed E-state index contributed by atoms with van der Waals surface area (Å²) in [6.45, 7) is 13.5. The predicted octanol–water partition coefficient (Wildman–Crippen LogP) is 4.66. The maximum atomic E-state index is 10.8. The maximum Gasteiger partial charge on any atom is 0.170 e. The molecule has 7 rings (SSSR count). The van der Waals surface area contributed by atoms with Crippen molar-refractivity contribution < 1.29 is 24.4 Å². The summed E-state index contributed by atoms with van der Waals surface area (Å²) in [5.41, 5.74) is 0.473. The van der Waals surface area contributed by atoms with Gasteiger partial charge in [-0.2, -0.15) is 0 Å². The van der Waals surface area contributed by atoms with E-state index in [9.17, 15) is 10.2 Å². The first-order valence-electron chi connectivity index (χ1n) is 16.0. The summed E-state index contributed by atoms with van der Waals surface area (Å²) in [5, 5.41) is 24.7. The van der Waals surface area contributed by atoms with Crippen LogP contribution in [-0.2, 0) is 14.2 Å². The summed E-state index contributed by atoms with van der Waals surface area (Å²) < 4.78 is 19.3. The zero-order valence-electron chi connectivity index (χ0n) is 24.5. The van der Waals surface area contributed by atoms with Crippen LogP contribution in [0, 0.1) is 45.3 Å². The Hall–Kier alpha value is -0.240. The molecule has 5 saturated carbocycles. The van der Waals surface area contributed by atoms with Gasteiger partial charge >= 0.3 is 0 Å². The highest BCUT2D eigenvalue weighted by Gasteiger charge is 2.80. The Morgan fingerprint density at radius 2 is 1.74 bits per heavy atom. The van der Waals surface area contributed by atoms with E-state index in [2.05, 4.69) is 26.1 Å². The summed E-state index contributed by atoms with van der Waals surface area (Å²) in [7, 11) is 0. The second-order valence-electron chi connectivity index (χ2n) is 16.1. The van der Waals surface area contributed by atoms with E-state index in [0.717, 1.165) is 56.7 Å². The lowest BCUT2D eigenvalue weighted by Crippen LogP contribution is -2.56. The largest absolute Gasteiger partial charge is 0.388 e. The van der Waals surface area contributed by atoms with Crippen LogP contribution < -0.4 is 5.32 Å². The van der Waals surface area contributed by atoms with Crippen molar-refractivity contribution in [1.29, 1.82) is 0 Å². The van der Waals surface area contributed by atoms with Crippen molar-refractivity contribution in [2.45, 2.75) is 135 Å². The molecule has 0 aromatic heterocycles. The minimum atomic E-state index is -1.12. The first-order valence-corrected chi connectivity index (χ1v) is 16.0. The van der Waals surface area contributed by atoms with Crippen LogP contribution in [0.25, 0.3) is 0 Å². The first-order chi connectivity index (χ1) is 17.9. The fourth-order valence-electron chi connectivity index (χ4n) is 12.0. The normalized spacial score (nSPS) is 54.1. The molecule has 2 spiro atoms. The topological polar surface area (TPSA) is 80.2 Å². The van der Waals surface area contributed by atoms with Gasteiger partial charge in [-0.1, -0.05) is 20.8 Å². The quantitative estimate of drug-likeness (QED) is 0.490. The van der Waals surface area contributed by atoms with Crippen molar-refractivity contribution in [3.05, 3.63) is 0 Å². The molecule has 2 heterocycles. The lowest BCUT2D eigenvalue weighted by molar-refractivity contribution is -0.232. The van der Waals surface area contributed by atoms with Gasteiger partial charge in [-0.15, -0.1) is 0 Å². The Morgan fingerprint density at radius 1 is 0.947 bits per heavy atom. The van der Waals surface area contributed by atoms with Gasteiger partial charge in [-0.05, 0) is 123 Å². The van der Waals surface area contributed by atoms with Crippen LogP contribution in [0.15, 0.2) is 0 Å². The number of hydrogen-bond donors (Lipinski definition) is 3. The first kappa shape index (κ1) is 26.6. The summed E-state index contributed by atoms with van der Waals surface area (Å²) in [6.07, 6.45) is 11.9. The Bertz CT molecular complexity index is 927. The van der Waals surface area contributed by atoms with Crippen LogP contribution in [0.5, 0.6) is 0 Å². The molecular formula is C32H53NO5. The zero-order chi connectivity index (χ0) is 26.7. The second-order valence-corrected chi connectivity index (χ2v) is 16.1. The van der Waals surface area contributed by atoms with E-state index in [0.29, 0.717) is 22.2 Å². The van der Waals surface area contributed by atoms with Gasteiger partial charge in [0.15, 0.2) is 6.29 Å². The smallest absolute Gasteiger partial charge is 0.170 e. The number of rotatable bonds is 4. The summed E-state index contributed by atoms with van der Waals surface area (Å²) in [5.74, 6) is 2.91. The third-order valence-corrected chi connectivity index (χ3v) is 13.8. The molecule has 0 radical (unpaired) electrons. The van der Waals surface area contributed by atoms with Crippen molar-refractivity contribution in [3.63, 3.8) is 0 Å². The van der Waals surface area contributed by atoms with Crippen LogP contribution in [0.4, 0.5) is 0 Å². The van der Waals surface area contributed by atoms with Crippen LogP contribution in [0.3, 0.4) is 0 Å². The molecule has 6 nitrogen and oxygen atoms in total. The van der Waals surface area contributed by atoms with Gasteiger partial charge in [-0.25, -0.2) is 0 Å². The Morgan fingerprint density at radius 3 is 2.47 bits per heavy atom. The van der Waals surface area contributed by atoms with Crippen molar-refractivity contribution >= 4 is 0 Å². The molecular weight excluding hydrogens is 478 g/mol.